The standard InChI is InChI=1S/C15H26N2/c1-5-17(11-10-15(16)12(2)3)14-8-6-13(4)7-9-14/h6-9,12,15H,5,10-11,16H2,1-4H3. The molecule has 96 valence electrons. The van der Waals surface area contributed by atoms with E-state index in [1.54, 1.807) is 0 Å². The maximum atomic E-state index is 6.10. The number of anilines is 1. The predicted octanol–water partition coefficient (Wildman–Crippen LogP) is 3.19. The summed E-state index contributed by atoms with van der Waals surface area (Å²) in [6.07, 6.45) is 1.05. The smallest absolute Gasteiger partial charge is 0.0366 e. The van der Waals surface area contributed by atoms with Crippen molar-refractivity contribution in [1.82, 2.24) is 0 Å². The van der Waals surface area contributed by atoms with Gasteiger partial charge in [-0.15, -0.1) is 0 Å². The molecule has 2 N–H and O–H groups in total. The molecule has 0 spiro atoms. The van der Waals surface area contributed by atoms with Crippen LogP contribution in [0.25, 0.3) is 0 Å². The summed E-state index contributed by atoms with van der Waals surface area (Å²) >= 11 is 0. The van der Waals surface area contributed by atoms with Crippen LogP contribution < -0.4 is 10.6 Å². The van der Waals surface area contributed by atoms with Crippen LogP contribution in [0.1, 0.15) is 32.8 Å². The van der Waals surface area contributed by atoms with Gasteiger partial charge < -0.3 is 10.6 Å². The van der Waals surface area contributed by atoms with Gasteiger partial charge in [-0.2, -0.15) is 0 Å². The molecule has 1 aromatic carbocycles. The average Bonchev–Trinajstić information content (AvgIpc) is 2.31. The molecule has 0 heterocycles. The van der Waals surface area contributed by atoms with E-state index in [9.17, 15) is 0 Å². The fraction of sp³-hybridized carbons (Fsp3) is 0.600. The van der Waals surface area contributed by atoms with Crippen LogP contribution in [0.3, 0.4) is 0 Å². The number of aryl methyl sites for hydroxylation is 1. The van der Waals surface area contributed by atoms with Gasteiger partial charge in [-0.1, -0.05) is 31.5 Å². The van der Waals surface area contributed by atoms with E-state index in [2.05, 4.69) is 56.9 Å². The van der Waals surface area contributed by atoms with E-state index in [1.165, 1.54) is 11.3 Å². The fourth-order valence-electron chi connectivity index (χ4n) is 1.86. The molecule has 0 saturated carbocycles. The number of hydrogen-bond donors (Lipinski definition) is 1. The van der Waals surface area contributed by atoms with Gasteiger partial charge in [0.1, 0.15) is 0 Å². The van der Waals surface area contributed by atoms with E-state index in [0.29, 0.717) is 12.0 Å². The lowest BCUT2D eigenvalue weighted by Gasteiger charge is -2.26. The average molecular weight is 234 g/mol. The Morgan fingerprint density at radius 3 is 2.24 bits per heavy atom. The van der Waals surface area contributed by atoms with Gasteiger partial charge in [-0.05, 0) is 38.3 Å². The minimum absolute atomic E-state index is 0.300. The molecule has 0 aliphatic heterocycles. The van der Waals surface area contributed by atoms with Crippen LogP contribution in [0.4, 0.5) is 5.69 Å². The molecule has 0 aromatic heterocycles. The summed E-state index contributed by atoms with van der Waals surface area (Å²) in [5.74, 6) is 0.562. The lowest BCUT2D eigenvalue weighted by Crippen LogP contribution is -2.33. The Bertz CT molecular complexity index is 316. The lowest BCUT2D eigenvalue weighted by molar-refractivity contribution is 0.463. The second-order valence-corrected chi connectivity index (χ2v) is 5.11. The van der Waals surface area contributed by atoms with Crippen LogP contribution in [0.15, 0.2) is 24.3 Å². The SMILES string of the molecule is CCN(CCC(N)C(C)C)c1ccc(C)cc1. The second-order valence-electron chi connectivity index (χ2n) is 5.11. The molecule has 2 heteroatoms. The number of hydrogen-bond acceptors (Lipinski definition) is 2. The van der Waals surface area contributed by atoms with Crippen LogP contribution in [-0.4, -0.2) is 19.1 Å². The predicted molar refractivity (Wildman–Crippen MR) is 76.5 cm³/mol. The van der Waals surface area contributed by atoms with Crippen molar-refractivity contribution in [3.63, 3.8) is 0 Å². The Kier molecular flexibility index (Phi) is 5.49. The first-order valence-corrected chi connectivity index (χ1v) is 6.61. The van der Waals surface area contributed by atoms with Crippen molar-refractivity contribution in [1.29, 1.82) is 0 Å². The zero-order chi connectivity index (χ0) is 12.8. The number of nitrogens with two attached hydrogens (primary N) is 1. The first-order valence-electron chi connectivity index (χ1n) is 6.61. The van der Waals surface area contributed by atoms with Crippen molar-refractivity contribution < 1.29 is 0 Å². The molecule has 0 radical (unpaired) electrons. The van der Waals surface area contributed by atoms with Crippen molar-refractivity contribution in [3.8, 4) is 0 Å². The Balaban J connectivity index is 2.57. The molecule has 2 nitrogen and oxygen atoms in total. The lowest BCUT2D eigenvalue weighted by atomic mass is 10.0. The van der Waals surface area contributed by atoms with Gasteiger partial charge in [-0.25, -0.2) is 0 Å². The summed E-state index contributed by atoms with van der Waals surface area (Å²) in [6, 6.07) is 9.02. The number of rotatable bonds is 6. The van der Waals surface area contributed by atoms with Crippen LogP contribution in [-0.2, 0) is 0 Å². The molecule has 0 aliphatic rings. The molecule has 0 bridgehead atoms. The summed E-state index contributed by atoms with van der Waals surface area (Å²) < 4.78 is 0. The molecule has 0 fully saturated rings. The third-order valence-electron chi connectivity index (χ3n) is 3.37. The number of nitrogens with zero attached hydrogens (tertiary/aromatic N) is 1. The Morgan fingerprint density at radius 2 is 1.76 bits per heavy atom. The molecule has 0 amide bonds. The number of benzene rings is 1. The monoisotopic (exact) mass is 234 g/mol. The van der Waals surface area contributed by atoms with E-state index < -0.39 is 0 Å². The van der Waals surface area contributed by atoms with E-state index in [-0.39, 0.29) is 0 Å². The van der Waals surface area contributed by atoms with Gasteiger partial charge in [0.2, 0.25) is 0 Å². The van der Waals surface area contributed by atoms with E-state index in [4.69, 9.17) is 5.73 Å². The highest BCUT2D eigenvalue weighted by Gasteiger charge is 2.10. The molecular formula is C15H26N2. The molecule has 1 unspecified atom stereocenters. The third-order valence-corrected chi connectivity index (χ3v) is 3.37. The van der Waals surface area contributed by atoms with Crippen molar-refractivity contribution >= 4 is 5.69 Å². The molecule has 1 rings (SSSR count). The van der Waals surface area contributed by atoms with Crippen molar-refractivity contribution in [2.75, 3.05) is 18.0 Å². The normalized spacial score (nSPS) is 12.8. The summed E-state index contributed by atoms with van der Waals surface area (Å²) in [5, 5.41) is 0. The highest BCUT2D eigenvalue weighted by molar-refractivity contribution is 5.47. The highest BCUT2D eigenvalue weighted by Crippen LogP contribution is 2.16. The summed E-state index contributed by atoms with van der Waals surface area (Å²) in [4.78, 5) is 2.39. The first kappa shape index (κ1) is 14.0. The molecule has 1 atom stereocenters. The topological polar surface area (TPSA) is 29.3 Å². The maximum absolute atomic E-state index is 6.10. The van der Waals surface area contributed by atoms with Gasteiger partial charge in [0.25, 0.3) is 0 Å². The Hall–Kier alpha value is -1.02. The quantitative estimate of drug-likeness (QED) is 0.819. The highest BCUT2D eigenvalue weighted by atomic mass is 15.1. The van der Waals surface area contributed by atoms with Crippen molar-refractivity contribution in [3.05, 3.63) is 29.8 Å². The van der Waals surface area contributed by atoms with Crippen LogP contribution in [0.5, 0.6) is 0 Å². The van der Waals surface area contributed by atoms with Crippen LogP contribution in [0, 0.1) is 12.8 Å². The molecule has 1 aromatic rings. The van der Waals surface area contributed by atoms with E-state index in [1.807, 2.05) is 0 Å². The summed E-state index contributed by atoms with van der Waals surface area (Å²) in [6.45, 7) is 10.8. The minimum Gasteiger partial charge on any atom is -0.372 e. The van der Waals surface area contributed by atoms with Gasteiger partial charge >= 0.3 is 0 Å². The zero-order valence-corrected chi connectivity index (χ0v) is 11.6. The molecule has 0 aliphatic carbocycles. The van der Waals surface area contributed by atoms with Gasteiger partial charge in [0.05, 0.1) is 0 Å². The van der Waals surface area contributed by atoms with Gasteiger partial charge in [-0.3, -0.25) is 0 Å². The molecular weight excluding hydrogens is 208 g/mol. The maximum Gasteiger partial charge on any atom is 0.0366 e. The Labute approximate surface area is 106 Å². The van der Waals surface area contributed by atoms with Crippen molar-refractivity contribution in [2.24, 2.45) is 11.7 Å². The second kappa shape index (κ2) is 6.65. The van der Waals surface area contributed by atoms with Gasteiger partial charge in [0.15, 0.2) is 0 Å². The minimum atomic E-state index is 0.300. The third kappa shape index (κ3) is 4.39. The summed E-state index contributed by atoms with van der Waals surface area (Å²) in [5.41, 5.74) is 8.70. The van der Waals surface area contributed by atoms with Gasteiger partial charge in [0, 0.05) is 24.8 Å². The zero-order valence-electron chi connectivity index (χ0n) is 11.6. The largest absolute Gasteiger partial charge is 0.372 e. The van der Waals surface area contributed by atoms with Crippen molar-refractivity contribution in [2.45, 2.75) is 40.2 Å². The van der Waals surface area contributed by atoms with E-state index in [0.717, 1.165) is 19.5 Å². The summed E-state index contributed by atoms with van der Waals surface area (Å²) in [7, 11) is 0. The molecule has 17 heavy (non-hydrogen) atoms. The molecule has 0 saturated heterocycles. The van der Waals surface area contributed by atoms with E-state index >= 15 is 0 Å². The Morgan fingerprint density at radius 1 is 1.18 bits per heavy atom. The van der Waals surface area contributed by atoms with Crippen LogP contribution in [0.2, 0.25) is 0 Å². The fourth-order valence-corrected chi connectivity index (χ4v) is 1.86. The first-order chi connectivity index (χ1) is 8.04. The van der Waals surface area contributed by atoms with Crippen LogP contribution >= 0.6 is 0 Å².